The van der Waals surface area contributed by atoms with E-state index in [1.54, 1.807) is 38.4 Å². The van der Waals surface area contributed by atoms with E-state index in [2.05, 4.69) is 21.2 Å². The highest BCUT2D eigenvalue weighted by molar-refractivity contribution is 6.02. The second-order valence-electron chi connectivity index (χ2n) is 8.82. The lowest BCUT2D eigenvalue weighted by molar-refractivity contribution is -0.136. The molecule has 0 aromatic heterocycles. The second-order valence-corrected chi connectivity index (χ2v) is 8.82. The number of ether oxygens (including phenoxy) is 4. The van der Waals surface area contributed by atoms with Crippen LogP contribution in [0.4, 0.5) is 4.79 Å². The summed E-state index contributed by atoms with van der Waals surface area (Å²) < 4.78 is 21.9. The highest BCUT2D eigenvalue weighted by Crippen LogP contribution is 2.35. The largest absolute Gasteiger partial charge is 0.496 e. The van der Waals surface area contributed by atoms with E-state index in [1.165, 1.54) is 7.11 Å². The lowest BCUT2D eigenvalue weighted by atomic mass is 9.95. The average Bonchev–Trinajstić information content (AvgIpc) is 2.96. The van der Waals surface area contributed by atoms with Gasteiger partial charge in [0.15, 0.2) is 17.7 Å². The normalized spacial score (nSPS) is 15.8. The molecule has 0 unspecified atom stereocenters. The highest BCUT2D eigenvalue weighted by Gasteiger charge is 2.32. The summed E-state index contributed by atoms with van der Waals surface area (Å²) in [5.74, 6) is 0.957. The van der Waals surface area contributed by atoms with Gasteiger partial charge < -0.3 is 34.7 Å². The third-order valence-electron chi connectivity index (χ3n) is 6.24. The molecule has 4 N–H and O–H groups in total. The Balaban J connectivity index is 1.45. The van der Waals surface area contributed by atoms with Gasteiger partial charge in [0.2, 0.25) is 0 Å². The second kappa shape index (κ2) is 12.9. The van der Waals surface area contributed by atoms with Gasteiger partial charge in [-0.3, -0.25) is 5.43 Å². The molecule has 3 aromatic carbocycles. The van der Waals surface area contributed by atoms with Gasteiger partial charge in [-0.15, -0.1) is 0 Å². The molecule has 1 aliphatic rings. The van der Waals surface area contributed by atoms with E-state index < -0.39 is 24.3 Å². The van der Waals surface area contributed by atoms with Crippen molar-refractivity contribution in [1.29, 1.82) is 0 Å². The summed E-state index contributed by atoms with van der Waals surface area (Å²) in [4.78, 5) is 24.5. The van der Waals surface area contributed by atoms with Crippen molar-refractivity contribution >= 4 is 29.0 Å². The molecule has 1 aliphatic heterocycles. The molecule has 4 rings (SSSR count). The molecular formula is C29H32N4O7. The molecular weight excluding hydrogens is 516 g/mol. The third kappa shape index (κ3) is 6.26. The number of hydrogen-bond acceptors (Lipinski definition) is 9. The van der Waals surface area contributed by atoms with Gasteiger partial charge in [0.1, 0.15) is 12.4 Å². The van der Waals surface area contributed by atoms with Gasteiger partial charge >= 0.3 is 12.0 Å². The number of methoxy groups -OCH3 is 2. The Morgan fingerprint density at radius 3 is 2.55 bits per heavy atom. The predicted molar refractivity (Wildman–Crippen MR) is 149 cm³/mol. The lowest BCUT2D eigenvalue weighted by Gasteiger charge is -2.28. The van der Waals surface area contributed by atoms with Crippen molar-refractivity contribution in [2.75, 3.05) is 27.4 Å². The van der Waals surface area contributed by atoms with E-state index in [0.717, 1.165) is 22.1 Å². The number of benzene rings is 3. The number of aliphatic hydroxyl groups is 1. The van der Waals surface area contributed by atoms with E-state index in [9.17, 15) is 14.7 Å². The molecule has 0 saturated carbocycles. The van der Waals surface area contributed by atoms with Crippen LogP contribution < -0.4 is 30.3 Å². The fourth-order valence-corrected chi connectivity index (χ4v) is 4.40. The summed E-state index contributed by atoms with van der Waals surface area (Å²) in [5.41, 5.74) is 4.79. The van der Waals surface area contributed by atoms with Crippen molar-refractivity contribution < 1.29 is 33.6 Å². The van der Waals surface area contributed by atoms with Gasteiger partial charge in [-0.25, -0.2) is 9.59 Å². The van der Waals surface area contributed by atoms with Gasteiger partial charge in [0.25, 0.3) is 0 Å². The SMILES string of the molecule is CCOc1cc([C@@H]2NC(=O)NC(C)=C2C(=O)OC)ccc1OC[C@@H](O)N/N=C\c1ccc(OC)c2ccccc12. The number of nitrogens with zero attached hydrogens (tertiary/aromatic N) is 1. The molecule has 0 radical (unpaired) electrons. The van der Waals surface area contributed by atoms with Crippen LogP contribution >= 0.6 is 0 Å². The van der Waals surface area contributed by atoms with Gasteiger partial charge in [-0.05, 0) is 49.1 Å². The van der Waals surface area contributed by atoms with Gasteiger partial charge in [0.05, 0.1) is 38.7 Å². The predicted octanol–water partition coefficient (Wildman–Crippen LogP) is 3.37. The average molecular weight is 549 g/mol. The number of amides is 2. The number of carbonyl (C=O) groups excluding carboxylic acids is 2. The molecule has 0 bridgehead atoms. The zero-order valence-corrected chi connectivity index (χ0v) is 22.7. The Morgan fingerprint density at radius 1 is 1.07 bits per heavy atom. The van der Waals surface area contributed by atoms with E-state index in [1.807, 2.05) is 43.3 Å². The van der Waals surface area contributed by atoms with Gasteiger partial charge in [-0.2, -0.15) is 5.10 Å². The number of fused-ring (bicyclic) bond motifs is 1. The van der Waals surface area contributed by atoms with Crippen LogP contribution in [-0.4, -0.2) is 57.0 Å². The Bertz CT molecular complexity index is 1450. The monoisotopic (exact) mass is 548 g/mol. The molecule has 0 saturated heterocycles. The van der Waals surface area contributed by atoms with Crippen molar-refractivity contribution in [3.8, 4) is 17.2 Å². The lowest BCUT2D eigenvalue weighted by Crippen LogP contribution is -2.45. The van der Waals surface area contributed by atoms with Crippen LogP contribution in [0.5, 0.6) is 17.2 Å². The Morgan fingerprint density at radius 2 is 1.82 bits per heavy atom. The van der Waals surface area contributed by atoms with Crippen LogP contribution in [0.25, 0.3) is 10.8 Å². The molecule has 0 spiro atoms. The molecule has 2 atom stereocenters. The first kappa shape index (κ1) is 28.2. The van der Waals surface area contributed by atoms with Gasteiger partial charge in [-0.1, -0.05) is 30.3 Å². The van der Waals surface area contributed by atoms with E-state index in [4.69, 9.17) is 18.9 Å². The number of rotatable bonds is 11. The number of allylic oxidation sites excluding steroid dienone is 1. The molecule has 0 fully saturated rings. The summed E-state index contributed by atoms with van der Waals surface area (Å²) in [6.45, 7) is 3.67. The number of aliphatic hydroxyl groups excluding tert-OH is 1. The standard InChI is InChI=1S/C29H32N4O7/c1-5-39-24-14-18(27-26(28(35)38-4)17(2)31-29(36)32-27)10-13-23(24)40-16-25(34)33-30-15-19-11-12-22(37-3)21-9-7-6-8-20(19)21/h6-15,25,27,33-34H,5,16H2,1-4H3,(H2,31,32,36)/b30-15-/t25-,27+/m1/s1. The highest BCUT2D eigenvalue weighted by atomic mass is 16.5. The maximum absolute atomic E-state index is 12.4. The Hall–Kier alpha value is -4.77. The summed E-state index contributed by atoms with van der Waals surface area (Å²) in [5, 5.41) is 21.8. The van der Waals surface area contributed by atoms with Crippen molar-refractivity contribution in [1.82, 2.24) is 16.1 Å². The summed E-state index contributed by atoms with van der Waals surface area (Å²) in [6, 6.07) is 15.4. The van der Waals surface area contributed by atoms with Crippen LogP contribution in [0.15, 0.2) is 71.0 Å². The maximum atomic E-state index is 12.4. The Labute approximate surface area is 231 Å². The molecule has 1 heterocycles. The Kier molecular flexibility index (Phi) is 9.07. The van der Waals surface area contributed by atoms with Crippen molar-refractivity contribution in [2.24, 2.45) is 5.10 Å². The number of nitrogens with one attached hydrogen (secondary N) is 3. The topological polar surface area (TPSA) is 140 Å². The van der Waals surface area contributed by atoms with Crippen LogP contribution in [0, 0.1) is 0 Å². The van der Waals surface area contributed by atoms with Crippen molar-refractivity contribution in [3.63, 3.8) is 0 Å². The summed E-state index contributed by atoms with van der Waals surface area (Å²) in [6.07, 6.45) is 0.503. The van der Waals surface area contributed by atoms with E-state index in [-0.39, 0.29) is 12.2 Å². The number of hydrogen-bond donors (Lipinski definition) is 4. The first-order valence-corrected chi connectivity index (χ1v) is 12.6. The van der Waals surface area contributed by atoms with E-state index >= 15 is 0 Å². The van der Waals surface area contributed by atoms with Crippen molar-refractivity contribution in [3.05, 3.63) is 77.0 Å². The quantitative estimate of drug-likeness (QED) is 0.124. The number of hydrazone groups is 1. The number of urea groups is 1. The molecule has 40 heavy (non-hydrogen) atoms. The van der Waals surface area contributed by atoms with Crippen LogP contribution in [0.1, 0.15) is 31.0 Å². The summed E-state index contributed by atoms with van der Waals surface area (Å²) in [7, 11) is 2.90. The fraction of sp³-hybridized carbons (Fsp3) is 0.276. The molecule has 3 aromatic rings. The van der Waals surface area contributed by atoms with Crippen LogP contribution in [0.2, 0.25) is 0 Å². The van der Waals surface area contributed by atoms with Gasteiger partial charge in [0, 0.05) is 16.6 Å². The summed E-state index contributed by atoms with van der Waals surface area (Å²) >= 11 is 0. The number of esters is 1. The maximum Gasteiger partial charge on any atom is 0.337 e. The molecule has 11 heteroatoms. The minimum absolute atomic E-state index is 0.128. The molecule has 11 nitrogen and oxygen atoms in total. The third-order valence-corrected chi connectivity index (χ3v) is 6.24. The van der Waals surface area contributed by atoms with E-state index in [0.29, 0.717) is 29.4 Å². The minimum atomic E-state index is -1.12. The fourth-order valence-electron chi connectivity index (χ4n) is 4.40. The zero-order valence-electron chi connectivity index (χ0n) is 22.7. The first-order chi connectivity index (χ1) is 19.4. The molecule has 2 amide bonds. The van der Waals surface area contributed by atoms with Crippen molar-refractivity contribution in [2.45, 2.75) is 26.1 Å². The zero-order chi connectivity index (χ0) is 28.6. The minimum Gasteiger partial charge on any atom is -0.496 e. The molecule has 0 aliphatic carbocycles. The first-order valence-electron chi connectivity index (χ1n) is 12.6. The smallest absolute Gasteiger partial charge is 0.337 e. The van der Waals surface area contributed by atoms with Crippen LogP contribution in [-0.2, 0) is 9.53 Å². The molecule has 210 valence electrons. The van der Waals surface area contributed by atoms with Crippen LogP contribution in [0.3, 0.4) is 0 Å². The number of carbonyl (C=O) groups is 2.